The zero-order valence-electron chi connectivity index (χ0n) is 17.0. The third-order valence-electron chi connectivity index (χ3n) is 6.03. The van der Waals surface area contributed by atoms with Crippen LogP contribution in [-0.2, 0) is 6.42 Å². The Morgan fingerprint density at radius 2 is 1.71 bits per heavy atom. The fourth-order valence-electron chi connectivity index (χ4n) is 4.37. The van der Waals surface area contributed by atoms with Gasteiger partial charge >= 0.3 is 0 Å². The summed E-state index contributed by atoms with van der Waals surface area (Å²) in [5, 5.41) is 0.936. The number of rotatable bonds is 3. The van der Waals surface area contributed by atoms with Crippen LogP contribution in [-0.4, -0.2) is 27.9 Å². The molecule has 1 aromatic heterocycles. The Bertz CT molecular complexity index is 983. The van der Waals surface area contributed by atoms with Crippen LogP contribution in [0.25, 0.3) is 22.2 Å². The number of aryl methyl sites for hydroxylation is 1. The number of aromatic nitrogens is 1. The third kappa shape index (κ3) is 3.42. The van der Waals surface area contributed by atoms with Crippen molar-refractivity contribution in [2.45, 2.75) is 58.5 Å². The second-order valence-electron chi connectivity index (χ2n) is 7.96. The van der Waals surface area contributed by atoms with Crippen molar-refractivity contribution in [1.29, 1.82) is 0 Å². The van der Waals surface area contributed by atoms with Gasteiger partial charge in [0.25, 0.3) is 5.91 Å². The summed E-state index contributed by atoms with van der Waals surface area (Å²) < 4.78 is 0. The average molecular weight is 373 g/mol. The molecule has 1 saturated heterocycles. The normalized spacial score (nSPS) is 19.8. The van der Waals surface area contributed by atoms with Crippen molar-refractivity contribution in [2.24, 2.45) is 0 Å². The number of amides is 1. The van der Waals surface area contributed by atoms with Crippen LogP contribution in [0, 0.1) is 0 Å². The van der Waals surface area contributed by atoms with Crippen molar-refractivity contribution in [3.8, 4) is 11.3 Å². The average Bonchev–Trinajstić information content (AvgIpc) is 2.72. The number of carbonyl (C=O) groups is 1. The zero-order valence-corrected chi connectivity index (χ0v) is 17.0. The van der Waals surface area contributed by atoms with E-state index < -0.39 is 0 Å². The minimum absolute atomic E-state index is 0.129. The number of fused-ring (bicyclic) bond motifs is 1. The summed E-state index contributed by atoms with van der Waals surface area (Å²) in [7, 11) is 0. The smallest absolute Gasteiger partial charge is 0.255 e. The Morgan fingerprint density at radius 3 is 2.39 bits per heavy atom. The van der Waals surface area contributed by atoms with Crippen LogP contribution in [0.3, 0.4) is 0 Å². The minimum atomic E-state index is 0.129. The van der Waals surface area contributed by atoms with Gasteiger partial charge in [-0.3, -0.25) is 4.79 Å². The highest BCUT2D eigenvalue weighted by Gasteiger charge is 2.30. The van der Waals surface area contributed by atoms with Crippen LogP contribution in [0.1, 0.15) is 56.0 Å². The maximum Gasteiger partial charge on any atom is 0.255 e. The number of para-hydroxylation sites is 1. The highest BCUT2D eigenvalue weighted by atomic mass is 16.2. The Hall–Kier alpha value is -2.68. The van der Waals surface area contributed by atoms with E-state index in [0.29, 0.717) is 0 Å². The van der Waals surface area contributed by atoms with Gasteiger partial charge in [0.05, 0.1) is 16.8 Å². The van der Waals surface area contributed by atoms with E-state index in [4.69, 9.17) is 4.98 Å². The zero-order chi connectivity index (χ0) is 19.7. The number of benzene rings is 2. The summed E-state index contributed by atoms with van der Waals surface area (Å²) in [6, 6.07) is 19.0. The molecule has 0 saturated carbocycles. The molecule has 4 rings (SSSR count). The van der Waals surface area contributed by atoms with E-state index in [0.717, 1.165) is 47.0 Å². The lowest BCUT2D eigenvalue weighted by Crippen LogP contribution is -2.47. The van der Waals surface area contributed by atoms with Crippen molar-refractivity contribution < 1.29 is 4.79 Å². The Labute approximate surface area is 167 Å². The molecular formula is C25H28N2O. The second-order valence-corrected chi connectivity index (χ2v) is 7.96. The number of carbonyl (C=O) groups excluding carboxylic acids is 1. The first-order valence-electron chi connectivity index (χ1n) is 10.4. The molecule has 0 N–H and O–H groups in total. The molecule has 28 heavy (non-hydrogen) atoms. The van der Waals surface area contributed by atoms with E-state index in [1.165, 1.54) is 12.0 Å². The lowest BCUT2D eigenvalue weighted by Gasteiger charge is -2.39. The van der Waals surface area contributed by atoms with Gasteiger partial charge in [0, 0.05) is 23.0 Å². The van der Waals surface area contributed by atoms with Gasteiger partial charge in [-0.25, -0.2) is 4.98 Å². The number of hydrogen-bond donors (Lipinski definition) is 0. The first-order valence-corrected chi connectivity index (χ1v) is 10.4. The van der Waals surface area contributed by atoms with Gasteiger partial charge in [-0.05, 0) is 57.2 Å². The molecule has 2 heterocycles. The van der Waals surface area contributed by atoms with Gasteiger partial charge in [0.15, 0.2) is 0 Å². The summed E-state index contributed by atoms with van der Waals surface area (Å²) >= 11 is 0. The van der Waals surface area contributed by atoms with Crippen LogP contribution in [0.2, 0.25) is 0 Å². The van der Waals surface area contributed by atoms with Crippen LogP contribution < -0.4 is 0 Å². The molecule has 1 fully saturated rings. The van der Waals surface area contributed by atoms with Gasteiger partial charge in [-0.15, -0.1) is 0 Å². The third-order valence-corrected chi connectivity index (χ3v) is 6.03. The van der Waals surface area contributed by atoms with Crippen molar-refractivity contribution in [3.05, 3.63) is 65.7 Å². The van der Waals surface area contributed by atoms with Crippen molar-refractivity contribution in [1.82, 2.24) is 9.88 Å². The molecule has 0 radical (unpaired) electrons. The predicted molar refractivity (Wildman–Crippen MR) is 116 cm³/mol. The molecule has 1 aliphatic heterocycles. The Morgan fingerprint density at radius 1 is 1.04 bits per heavy atom. The van der Waals surface area contributed by atoms with E-state index in [9.17, 15) is 4.79 Å². The standard InChI is InChI=1S/C25H28N2O/c1-4-19-12-14-20(15-13-19)24-16-22(21-10-5-6-11-23(21)26-24)25(28)27-17(2)8-7-9-18(27)3/h5-6,10-18H,4,7-9H2,1-3H3. The second kappa shape index (κ2) is 7.75. The van der Waals surface area contributed by atoms with Gasteiger partial charge < -0.3 is 4.90 Å². The van der Waals surface area contributed by atoms with Crippen LogP contribution in [0.5, 0.6) is 0 Å². The SMILES string of the molecule is CCc1ccc(-c2cc(C(=O)N3C(C)CCCC3C)c3ccccc3n2)cc1. The topological polar surface area (TPSA) is 33.2 Å². The molecule has 1 amide bonds. The fourth-order valence-corrected chi connectivity index (χ4v) is 4.37. The molecule has 144 valence electrons. The Kier molecular flexibility index (Phi) is 5.17. The number of pyridine rings is 1. The maximum absolute atomic E-state index is 13.6. The molecule has 0 bridgehead atoms. The monoisotopic (exact) mass is 372 g/mol. The van der Waals surface area contributed by atoms with Crippen molar-refractivity contribution in [2.75, 3.05) is 0 Å². The summed E-state index contributed by atoms with van der Waals surface area (Å²) in [6.07, 6.45) is 4.35. The number of hydrogen-bond acceptors (Lipinski definition) is 2. The first-order chi connectivity index (χ1) is 13.6. The predicted octanol–water partition coefficient (Wildman–Crippen LogP) is 5.87. The Balaban J connectivity index is 1.83. The lowest BCUT2D eigenvalue weighted by atomic mass is 9.95. The minimum Gasteiger partial charge on any atom is -0.333 e. The molecular weight excluding hydrogens is 344 g/mol. The largest absolute Gasteiger partial charge is 0.333 e. The number of piperidine rings is 1. The molecule has 0 spiro atoms. The molecule has 0 aliphatic carbocycles. The van der Waals surface area contributed by atoms with Crippen LogP contribution in [0.4, 0.5) is 0 Å². The van der Waals surface area contributed by atoms with E-state index >= 15 is 0 Å². The van der Waals surface area contributed by atoms with Gasteiger partial charge in [0.1, 0.15) is 0 Å². The van der Waals surface area contributed by atoms with E-state index in [1.807, 2.05) is 30.3 Å². The lowest BCUT2D eigenvalue weighted by molar-refractivity contribution is 0.0513. The molecule has 3 aromatic rings. The molecule has 1 aliphatic rings. The quantitative estimate of drug-likeness (QED) is 0.576. The van der Waals surface area contributed by atoms with Gasteiger partial charge in [0.2, 0.25) is 0 Å². The number of likely N-dealkylation sites (tertiary alicyclic amines) is 1. The fraction of sp³-hybridized carbons (Fsp3) is 0.360. The molecule has 2 unspecified atom stereocenters. The van der Waals surface area contributed by atoms with E-state index in [-0.39, 0.29) is 18.0 Å². The van der Waals surface area contributed by atoms with Crippen LogP contribution >= 0.6 is 0 Å². The molecule has 2 atom stereocenters. The van der Waals surface area contributed by atoms with Gasteiger partial charge in [-0.2, -0.15) is 0 Å². The van der Waals surface area contributed by atoms with Crippen molar-refractivity contribution in [3.63, 3.8) is 0 Å². The summed E-state index contributed by atoms with van der Waals surface area (Å²) in [4.78, 5) is 20.6. The van der Waals surface area contributed by atoms with Gasteiger partial charge in [-0.1, -0.05) is 49.4 Å². The summed E-state index contributed by atoms with van der Waals surface area (Å²) in [6.45, 7) is 6.49. The number of nitrogens with zero attached hydrogens (tertiary/aromatic N) is 2. The van der Waals surface area contributed by atoms with E-state index in [2.05, 4.69) is 49.9 Å². The highest BCUT2D eigenvalue weighted by molar-refractivity contribution is 6.07. The summed E-state index contributed by atoms with van der Waals surface area (Å²) in [5.74, 6) is 0.129. The molecule has 3 nitrogen and oxygen atoms in total. The summed E-state index contributed by atoms with van der Waals surface area (Å²) in [5.41, 5.74) is 4.86. The molecule has 2 aromatic carbocycles. The highest BCUT2D eigenvalue weighted by Crippen LogP contribution is 2.30. The van der Waals surface area contributed by atoms with E-state index in [1.54, 1.807) is 0 Å². The maximum atomic E-state index is 13.6. The molecule has 3 heteroatoms. The van der Waals surface area contributed by atoms with Crippen LogP contribution in [0.15, 0.2) is 54.6 Å². The van der Waals surface area contributed by atoms with Crippen molar-refractivity contribution >= 4 is 16.8 Å². The first kappa shape index (κ1) is 18.7.